The number of nitrogens with one attached hydrogen (secondary N) is 1. The predicted molar refractivity (Wildman–Crippen MR) is 51.5 cm³/mol. The van der Waals surface area contributed by atoms with Gasteiger partial charge in [-0.25, -0.2) is 0 Å². The summed E-state index contributed by atoms with van der Waals surface area (Å²) in [4.78, 5) is 10.7. The van der Waals surface area contributed by atoms with Gasteiger partial charge in [-0.3, -0.25) is 4.79 Å². The molecule has 0 amide bonds. The highest BCUT2D eigenvalue weighted by molar-refractivity contribution is 5.87. The topological polar surface area (TPSA) is 29.1 Å². The fourth-order valence-corrected chi connectivity index (χ4v) is 0.810. The number of hydrogen-bond donors (Lipinski definition) is 1. The molecule has 0 unspecified atom stereocenters. The number of ketones is 1. The summed E-state index contributed by atoms with van der Waals surface area (Å²) in [6.07, 6.45) is 5.15. The summed E-state index contributed by atoms with van der Waals surface area (Å²) in [7, 11) is 0. The van der Waals surface area contributed by atoms with Crippen LogP contribution in [0.2, 0.25) is 0 Å². The zero-order valence-corrected chi connectivity index (χ0v) is 7.85. The molecule has 0 aromatic carbocycles. The summed E-state index contributed by atoms with van der Waals surface area (Å²) in [6, 6.07) is 0. The van der Waals surface area contributed by atoms with Crippen LogP contribution in [-0.2, 0) is 4.79 Å². The van der Waals surface area contributed by atoms with Crippen LogP contribution in [0, 0.1) is 0 Å². The van der Waals surface area contributed by atoms with Crippen molar-refractivity contribution in [2.24, 2.45) is 0 Å². The van der Waals surface area contributed by atoms with Crippen LogP contribution < -0.4 is 5.32 Å². The lowest BCUT2D eigenvalue weighted by molar-refractivity contribution is -0.112. The molecule has 66 valence electrons. The van der Waals surface area contributed by atoms with Crippen molar-refractivity contribution < 1.29 is 4.79 Å². The summed E-state index contributed by atoms with van der Waals surface area (Å²) in [5.41, 5.74) is 1.74. The number of carbonyl (C=O) groups is 1. The van der Waals surface area contributed by atoms with Gasteiger partial charge in [0.15, 0.2) is 5.78 Å². The standard InChI is InChI=1S/C10H15NO/c1-5-10(6-2)11-8(3)7-9(4)12/h5-7,11H,1H2,2-4H3/b8-7-,10-6+. The monoisotopic (exact) mass is 165 g/mol. The Morgan fingerprint density at radius 3 is 2.33 bits per heavy atom. The predicted octanol–water partition coefficient (Wildman–Crippen LogP) is 2.16. The second-order valence-corrected chi connectivity index (χ2v) is 2.51. The first-order chi connectivity index (χ1) is 5.60. The molecule has 0 aliphatic carbocycles. The largest absolute Gasteiger partial charge is 0.359 e. The van der Waals surface area contributed by atoms with Crippen LogP contribution in [0.3, 0.4) is 0 Å². The first-order valence-electron chi connectivity index (χ1n) is 3.84. The van der Waals surface area contributed by atoms with Crippen LogP contribution in [0.15, 0.2) is 36.2 Å². The second kappa shape index (κ2) is 5.35. The van der Waals surface area contributed by atoms with E-state index < -0.39 is 0 Å². The van der Waals surface area contributed by atoms with E-state index in [0.29, 0.717) is 0 Å². The lowest BCUT2D eigenvalue weighted by Crippen LogP contribution is -2.09. The van der Waals surface area contributed by atoms with E-state index >= 15 is 0 Å². The summed E-state index contributed by atoms with van der Waals surface area (Å²) in [5, 5.41) is 3.03. The molecule has 0 aliphatic rings. The third-order valence-electron chi connectivity index (χ3n) is 1.29. The van der Waals surface area contributed by atoms with E-state index in [1.807, 2.05) is 19.9 Å². The molecule has 0 aromatic heterocycles. The van der Waals surface area contributed by atoms with Crippen molar-refractivity contribution in [3.63, 3.8) is 0 Å². The molecule has 2 nitrogen and oxygen atoms in total. The van der Waals surface area contributed by atoms with Gasteiger partial charge < -0.3 is 5.32 Å². The maximum atomic E-state index is 10.7. The van der Waals surface area contributed by atoms with E-state index in [9.17, 15) is 4.79 Å². The third kappa shape index (κ3) is 4.50. The Bertz CT molecular complexity index is 236. The van der Waals surface area contributed by atoms with Gasteiger partial charge in [0.05, 0.1) is 0 Å². The maximum absolute atomic E-state index is 10.7. The van der Waals surface area contributed by atoms with Gasteiger partial charge in [0.1, 0.15) is 0 Å². The number of hydrogen-bond acceptors (Lipinski definition) is 2. The average molecular weight is 165 g/mol. The zero-order valence-electron chi connectivity index (χ0n) is 7.85. The van der Waals surface area contributed by atoms with Crippen molar-refractivity contribution in [2.45, 2.75) is 20.8 Å². The molecule has 1 N–H and O–H groups in total. The summed E-state index contributed by atoms with van der Waals surface area (Å²) < 4.78 is 0. The Morgan fingerprint density at radius 1 is 1.42 bits per heavy atom. The number of carbonyl (C=O) groups excluding carboxylic acids is 1. The Morgan fingerprint density at radius 2 is 2.00 bits per heavy atom. The molecule has 0 rings (SSSR count). The highest BCUT2D eigenvalue weighted by atomic mass is 16.1. The third-order valence-corrected chi connectivity index (χ3v) is 1.29. The highest BCUT2D eigenvalue weighted by Gasteiger charge is 1.91. The fraction of sp³-hybridized carbons (Fsp3) is 0.300. The second-order valence-electron chi connectivity index (χ2n) is 2.51. The maximum Gasteiger partial charge on any atom is 0.154 e. The van der Waals surface area contributed by atoms with Gasteiger partial charge in [0.2, 0.25) is 0 Å². The Hall–Kier alpha value is -1.31. The van der Waals surface area contributed by atoms with Gasteiger partial charge >= 0.3 is 0 Å². The zero-order chi connectivity index (χ0) is 9.56. The van der Waals surface area contributed by atoms with Gasteiger partial charge in [0, 0.05) is 11.4 Å². The molecule has 12 heavy (non-hydrogen) atoms. The summed E-state index contributed by atoms with van der Waals surface area (Å²) >= 11 is 0. The summed E-state index contributed by atoms with van der Waals surface area (Å²) in [5.74, 6) is 0.0412. The van der Waals surface area contributed by atoms with E-state index in [2.05, 4.69) is 11.9 Å². The van der Waals surface area contributed by atoms with E-state index in [0.717, 1.165) is 11.4 Å². The Balaban J connectivity index is 4.26. The van der Waals surface area contributed by atoms with Gasteiger partial charge in [-0.1, -0.05) is 12.7 Å². The van der Waals surface area contributed by atoms with Crippen molar-refractivity contribution in [3.8, 4) is 0 Å². The van der Waals surface area contributed by atoms with Gasteiger partial charge in [-0.2, -0.15) is 0 Å². The Kier molecular flexibility index (Phi) is 4.77. The molecule has 0 bridgehead atoms. The number of rotatable bonds is 4. The SMILES string of the molecule is C=C/C(=C\C)N/C(C)=C\C(C)=O. The Labute approximate surface area is 73.7 Å². The van der Waals surface area contributed by atoms with E-state index in [-0.39, 0.29) is 5.78 Å². The molecule has 0 saturated carbocycles. The van der Waals surface area contributed by atoms with Crippen LogP contribution in [0.4, 0.5) is 0 Å². The van der Waals surface area contributed by atoms with Crippen LogP contribution in [0.1, 0.15) is 20.8 Å². The molecule has 0 saturated heterocycles. The molecule has 0 heterocycles. The van der Waals surface area contributed by atoms with E-state index in [1.165, 1.54) is 6.92 Å². The first kappa shape index (κ1) is 10.7. The molecular formula is C10H15NO. The molecule has 2 heteroatoms. The minimum absolute atomic E-state index is 0.0412. The molecule has 0 aromatic rings. The average Bonchev–Trinajstić information content (AvgIpc) is 1.98. The van der Waals surface area contributed by atoms with Crippen LogP contribution in [0.5, 0.6) is 0 Å². The minimum Gasteiger partial charge on any atom is -0.359 e. The lowest BCUT2D eigenvalue weighted by Gasteiger charge is -2.05. The van der Waals surface area contributed by atoms with Gasteiger partial charge in [0.25, 0.3) is 0 Å². The van der Waals surface area contributed by atoms with Crippen molar-refractivity contribution in [1.29, 1.82) is 0 Å². The molecular weight excluding hydrogens is 150 g/mol. The smallest absolute Gasteiger partial charge is 0.154 e. The van der Waals surface area contributed by atoms with Crippen molar-refractivity contribution in [3.05, 3.63) is 36.2 Å². The molecule has 0 aliphatic heterocycles. The van der Waals surface area contributed by atoms with Crippen molar-refractivity contribution >= 4 is 5.78 Å². The molecule has 0 fully saturated rings. The van der Waals surface area contributed by atoms with Crippen LogP contribution in [-0.4, -0.2) is 5.78 Å². The van der Waals surface area contributed by atoms with Gasteiger partial charge in [-0.15, -0.1) is 0 Å². The van der Waals surface area contributed by atoms with Gasteiger partial charge in [-0.05, 0) is 32.9 Å². The van der Waals surface area contributed by atoms with Crippen molar-refractivity contribution in [1.82, 2.24) is 5.32 Å². The fourth-order valence-electron chi connectivity index (χ4n) is 0.810. The quantitative estimate of drug-likeness (QED) is 0.511. The van der Waals surface area contributed by atoms with E-state index in [4.69, 9.17) is 0 Å². The molecule has 0 atom stereocenters. The molecule has 0 spiro atoms. The van der Waals surface area contributed by atoms with Crippen LogP contribution >= 0.6 is 0 Å². The molecule has 0 radical (unpaired) electrons. The minimum atomic E-state index is 0.0412. The lowest BCUT2D eigenvalue weighted by atomic mass is 10.3. The first-order valence-corrected chi connectivity index (χ1v) is 3.84. The van der Waals surface area contributed by atoms with Crippen LogP contribution in [0.25, 0.3) is 0 Å². The number of allylic oxidation sites excluding steroid dienone is 4. The normalized spacial score (nSPS) is 12.6. The highest BCUT2D eigenvalue weighted by Crippen LogP contribution is 1.95. The van der Waals surface area contributed by atoms with Crippen molar-refractivity contribution in [2.75, 3.05) is 0 Å². The van der Waals surface area contributed by atoms with E-state index in [1.54, 1.807) is 12.2 Å². The summed E-state index contributed by atoms with van der Waals surface area (Å²) in [6.45, 7) is 8.89.